The number of rotatable bonds is 7. The largest absolute Gasteiger partial charge is 0.356 e. The van der Waals surface area contributed by atoms with Crippen LogP contribution in [0.5, 0.6) is 0 Å². The molecule has 0 fully saturated rings. The topological polar surface area (TPSA) is 49.4 Å². The van der Waals surface area contributed by atoms with E-state index in [4.69, 9.17) is 0 Å². The van der Waals surface area contributed by atoms with Crippen molar-refractivity contribution in [2.75, 3.05) is 18.0 Å². The van der Waals surface area contributed by atoms with Crippen LogP contribution in [0.15, 0.2) is 29.8 Å². The highest BCUT2D eigenvalue weighted by Gasteiger charge is 2.15. The van der Waals surface area contributed by atoms with Crippen molar-refractivity contribution in [1.82, 2.24) is 5.32 Å². The summed E-state index contributed by atoms with van der Waals surface area (Å²) in [4.78, 5) is 25.0. The smallest absolute Gasteiger partial charge is 0.223 e. The zero-order valence-corrected chi connectivity index (χ0v) is 14.5. The Morgan fingerprint density at radius 2 is 2.00 bits per heavy atom. The highest BCUT2D eigenvalue weighted by Crippen LogP contribution is 2.20. The van der Waals surface area contributed by atoms with Gasteiger partial charge in [0, 0.05) is 38.2 Å². The van der Waals surface area contributed by atoms with E-state index in [2.05, 4.69) is 11.4 Å². The van der Waals surface area contributed by atoms with E-state index in [1.54, 1.807) is 0 Å². The van der Waals surface area contributed by atoms with Gasteiger partial charge in [-0.15, -0.1) is 0 Å². The molecule has 136 valence electrons. The van der Waals surface area contributed by atoms with Crippen molar-refractivity contribution in [3.63, 3.8) is 0 Å². The summed E-state index contributed by atoms with van der Waals surface area (Å²) in [5.41, 5.74) is 1.63. The minimum absolute atomic E-state index is 0.109. The molecule has 2 amide bonds. The fraction of sp³-hybridized carbons (Fsp3) is 0.474. The zero-order chi connectivity index (χ0) is 18.2. The Morgan fingerprint density at radius 1 is 1.20 bits per heavy atom. The summed E-state index contributed by atoms with van der Waals surface area (Å²) >= 11 is 0. The standard InChI is InChI=1S/C19H24F2N2O2/c1-14(24)23(16-7-8-17(20)18(21)13-16)12-10-19(25)22-11-9-15-5-3-2-4-6-15/h5,7-8,13H,2-4,6,9-12H2,1H3,(H,22,25). The molecule has 25 heavy (non-hydrogen) atoms. The van der Waals surface area contributed by atoms with Crippen LogP contribution in [0.25, 0.3) is 0 Å². The molecule has 0 atom stereocenters. The van der Waals surface area contributed by atoms with Crippen molar-refractivity contribution in [2.24, 2.45) is 0 Å². The van der Waals surface area contributed by atoms with E-state index in [0.717, 1.165) is 31.4 Å². The van der Waals surface area contributed by atoms with Gasteiger partial charge in [0.1, 0.15) is 0 Å². The number of benzene rings is 1. The molecule has 4 nitrogen and oxygen atoms in total. The summed E-state index contributed by atoms with van der Waals surface area (Å²) in [5.74, 6) is -2.48. The summed E-state index contributed by atoms with van der Waals surface area (Å²) < 4.78 is 26.4. The van der Waals surface area contributed by atoms with Crippen LogP contribution in [0, 0.1) is 11.6 Å². The Balaban J connectivity index is 1.81. The fourth-order valence-electron chi connectivity index (χ4n) is 2.92. The van der Waals surface area contributed by atoms with E-state index >= 15 is 0 Å². The van der Waals surface area contributed by atoms with Crippen molar-refractivity contribution < 1.29 is 18.4 Å². The number of nitrogens with zero attached hydrogens (tertiary/aromatic N) is 1. The first-order chi connectivity index (χ1) is 12.0. The van der Waals surface area contributed by atoms with Crippen molar-refractivity contribution in [3.8, 4) is 0 Å². The van der Waals surface area contributed by atoms with Gasteiger partial charge in [0.2, 0.25) is 11.8 Å². The molecule has 0 spiro atoms. The number of hydrogen-bond acceptors (Lipinski definition) is 2. The van der Waals surface area contributed by atoms with Gasteiger partial charge in [0.15, 0.2) is 11.6 Å². The normalized spacial score (nSPS) is 14.0. The Hall–Kier alpha value is -2.24. The van der Waals surface area contributed by atoms with Crippen LogP contribution in [-0.2, 0) is 9.59 Å². The van der Waals surface area contributed by atoms with Crippen LogP contribution >= 0.6 is 0 Å². The fourth-order valence-corrected chi connectivity index (χ4v) is 2.92. The Bertz CT molecular complexity index is 659. The van der Waals surface area contributed by atoms with Crippen molar-refractivity contribution in [3.05, 3.63) is 41.5 Å². The van der Waals surface area contributed by atoms with E-state index in [0.29, 0.717) is 6.54 Å². The number of carbonyl (C=O) groups excluding carboxylic acids is 2. The monoisotopic (exact) mass is 350 g/mol. The van der Waals surface area contributed by atoms with Crippen molar-refractivity contribution in [1.29, 1.82) is 0 Å². The van der Waals surface area contributed by atoms with Crippen LogP contribution in [0.4, 0.5) is 14.5 Å². The highest BCUT2D eigenvalue weighted by molar-refractivity contribution is 5.92. The molecule has 1 aliphatic rings. The molecular weight excluding hydrogens is 326 g/mol. The lowest BCUT2D eigenvalue weighted by Crippen LogP contribution is -2.34. The third-order valence-electron chi connectivity index (χ3n) is 4.31. The van der Waals surface area contributed by atoms with E-state index in [1.807, 2.05) is 0 Å². The molecule has 6 heteroatoms. The molecular formula is C19H24F2N2O2. The molecule has 1 aromatic carbocycles. The van der Waals surface area contributed by atoms with Crippen LogP contribution in [0.2, 0.25) is 0 Å². The van der Waals surface area contributed by atoms with Gasteiger partial charge in [-0.25, -0.2) is 8.78 Å². The van der Waals surface area contributed by atoms with E-state index in [1.165, 1.54) is 36.3 Å². The molecule has 0 radical (unpaired) electrons. The minimum atomic E-state index is -1.02. The maximum atomic E-state index is 13.3. The first kappa shape index (κ1) is 19.1. The quantitative estimate of drug-likeness (QED) is 0.762. The van der Waals surface area contributed by atoms with Crippen LogP contribution in [-0.4, -0.2) is 24.9 Å². The molecule has 0 heterocycles. The van der Waals surface area contributed by atoms with Gasteiger partial charge in [-0.3, -0.25) is 9.59 Å². The second-order valence-corrected chi connectivity index (χ2v) is 6.23. The lowest BCUT2D eigenvalue weighted by Gasteiger charge is -2.21. The molecule has 2 rings (SSSR count). The lowest BCUT2D eigenvalue weighted by atomic mass is 9.97. The summed E-state index contributed by atoms with van der Waals surface area (Å²) in [6, 6.07) is 3.26. The molecule has 0 bridgehead atoms. The van der Waals surface area contributed by atoms with Gasteiger partial charge in [-0.05, 0) is 44.2 Å². The number of anilines is 1. The van der Waals surface area contributed by atoms with Gasteiger partial charge in [0.05, 0.1) is 0 Å². The molecule has 0 aromatic heterocycles. The second kappa shape index (κ2) is 9.30. The Kier molecular flexibility index (Phi) is 7.10. The number of carbonyl (C=O) groups is 2. The first-order valence-corrected chi connectivity index (χ1v) is 8.65. The molecule has 0 saturated carbocycles. The van der Waals surface area contributed by atoms with Crippen molar-refractivity contribution >= 4 is 17.5 Å². The summed E-state index contributed by atoms with van der Waals surface area (Å²) in [5, 5.41) is 2.84. The zero-order valence-electron chi connectivity index (χ0n) is 14.5. The van der Waals surface area contributed by atoms with Gasteiger partial charge < -0.3 is 10.2 Å². The van der Waals surface area contributed by atoms with Crippen LogP contribution in [0.3, 0.4) is 0 Å². The summed E-state index contributed by atoms with van der Waals surface area (Å²) in [7, 11) is 0. The average molecular weight is 350 g/mol. The predicted molar refractivity (Wildman–Crippen MR) is 93.2 cm³/mol. The molecule has 1 aromatic rings. The number of nitrogens with one attached hydrogen (secondary N) is 1. The highest BCUT2D eigenvalue weighted by atomic mass is 19.2. The Labute approximate surface area is 146 Å². The second-order valence-electron chi connectivity index (χ2n) is 6.23. The van der Waals surface area contributed by atoms with Crippen LogP contribution < -0.4 is 10.2 Å². The lowest BCUT2D eigenvalue weighted by molar-refractivity contribution is -0.121. The molecule has 1 aliphatic carbocycles. The average Bonchev–Trinajstić information content (AvgIpc) is 2.59. The number of amides is 2. The van der Waals surface area contributed by atoms with Crippen LogP contribution in [0.1, 0.15) is 45.4 Å². The maximum absolute atomic E-state index is 13.3. The van der Waals surface area contributed by atoms with Gasteiger partial charge in [-0.1, -0.05) is 11.6 Å². The number of halogens is 2. The molecule has 0 aliphatic heterocycles. The van der Waals surface area contributed by atoms with E-state index < -0.39 is 11.6 Å². The summed E-state index contributed by atoms with van der Waals surface area (Å²) in [6.07, 6.45) is 7.87. The molecule has 0 saturated heterocycles. The third kappa shape index (κ3) is 5.96. The molecule has 0 unspecified atom stereocenters. The summed E-state index contributed by atoms with van der Waals surface area (Å²) in [6.45, 7) is 2.03. The number of hydrogen-bond donors (Lipinski definition) is 1. The van der Waals surface area contributed by atoms with Crippen molar-refractivity contribution in [2.45, 2.75) is 45.4 Å². The SMILES string of the molecule is CC(=O)N(CCC(=O)NCCC1=CCCCC1)c1ccc(F)c(F)c1. The molecule has 1 N–H and O–H groups in total. The van der Waals surface area contributed by atoms with E-state index in [9.17, 15) is 18.4 Å². The first-order valence-electron chi connectivity index (χ1n) is 8.65. The maximum Gasteiger partial charge on any atom is 0.223 e. The minimum Gasteiger partial charge on any atom is -0.356 e. The van der Waals surface area contributed by atoms with Gasteiger partial charge >= 0.3 is 0 Å². The third-order valence-corrected chi connectivity index (χ3v) is 4.31. The van der Waals surface area contributed by atoms with Gasteiger partial charge in [0.25, 0.3) is 0 Å². The Morgan fingerprint density at radius 3 is 2.64 bits per heavy atom. The predicted octanol–water partition coefficient (Wildman–Crippen LogP) is 3.71. The van der Waals surface area contributed by atoms with E-state index in [-0.39, 0.29) is 30.5 Å². The number of allylic oxidation sites excluding steroid dienone is 1. The van der Waals surface area contributed by atoms with Gasteiger partial charge in [-0.2, -0.15) is 0 Å².